The molecule has 6 nitrogen and oxygen atoms in total. The largest absolute Gasteiger partial charge is 0.401 e. The zero-order chi connectivity index (χ0) is 17.9. The summed E-state index contributed by atoms with van der Waals surface area (Å²) in [6, 6.07) is 0.464. The molecular weight excluding hydrogens is 335 g/mol. The molecule has 2 aliphatic rings. The number of aromatic amines is 1. The van der Waals surface area contributed by atoms with Crippen LogP contribution in [-0.4, -0.2) is 65.9 Å². The minimum absolute atomic E-state index is 0.191. The summed E-state index contributed by atoms with van der Waals surface area (Å²) in [4.78, 5) is 22.2. The van der Waals surface area contributed by atoms with Crippen LogP contribution in [0.4, 0.5) is 19.0 Å². The number of H-pyrrole nitrogens is 1. The predicted molar refractivity (Wildman–Crippen MR) is 88.7 cm³/mol. The second kappa shape index (κ2) is 7.74. The number of halogens is 3. The van der Waals surface area contributed by atoms with Gasteiger partial charge >= 0.3 is 6.18 Å². The lowest BCUT2D eigenvalue weighted by atomic mass is 10.00. The fraction of sp³-hybridized carbons (Fsp3) is 0.750. The van der Waals surface area contributed by atoms with Crippen molar-refractivity contribution in [2.45, 2.75) is 43.9 Å². The topological polar surface area (TPSA) is 64.3 Å². The molecule has 0 radical (unpaired) electrons. The monoisotopic (exact) mass is 359 g/mol. The van der Waals surface area contributed by atoms with Crippen LogP contribution >= 0.6 is 0 Å². The van der Waals surface area contributed by atoms with E-state index in [0.29, 0.717) is 25.5 Å². The highest BCUT2D eigenvalue weighted by Crippen LogP contribution is 2.21. The standard InChI is InChI=1S/C16H24F3N5O/c17-16(18,19)11-23-8-3-12(4-9-23)22-13-2-1-7-24(10-13)14-15(25)21-6-5-20-14/h5-6,12-13,22H,1-4,7-11H2,(H,21,25). The van der Waals surface area contributed by atoms with Gasteiger partial charge in [-0.25, -0.2) is 4.98 Å². The molecule has 0 bridgehead atoms. The molecule has 3 heterocycles. The Kier molecular flexibility index (Phi) is 5.63. The van der Waals surface area contributed by atoms with Gasteiger partial charge in [-0.1, -0.05) is 0 Å². The van der Waals surface area contributed by atoms with Crippen LogP contribution in [0.25, 0.3) is 0 Å². The van der Waals surface area contributed by atoms with E-state index < -0.39 is 12.7 Å². The maximum atomic E-state index is 12.5. The van der Waals surface area contributed by atoms with E-state index >= 15 is 0 Å². The molecule has 0 saturated carbocycles. The number of hydrogen-bond donors (Lipinski definition) is 2. The van der Waals surface area contributed by atoms with Crippen molar-refractivity contribution in [1.82, 2.24) is 20.2 Å². The maximum Gasteiger partial charge on any atom is 0.401 e. The van der Waals surface area contributed by atoms with Gasteiger partial charge in [0.05, 0.1) is 6.54 Å². The van der Waals surface area contributed by atoms with E-state index in [9.17, 15) is 18.0 Å². The number of aromatic nitrogens is 2. The highest BCUT2D eigenvalue weighted by molar-refractivity contribution is 5.36. The van der Waals surface area contributed by atoms with Gasteiger partial charge in [-0.2, -0.15) is 13.2 Å². The fourth-order valence-electron chi connectivity index (χ4n) is 3.72. The van der Waals surface area contributed by atoms with Gasteiger partial charge in [-0.3, -0.25) is 9.69 Å². The van der Waals surface area contributed by atoms with E-state index in [1.807, 2.05) is 4.90 Å². The number of nitrogens with zero attached hydrogens (tertiary/aromatic N) is 3. The van der Waals surface area contributed by atoms with E-state index in [-0.39, 0.29) is 17.6 Å². The van der Waals surface area contributed by atoms with Gasteiger partial charge in [0.1, 0.15) is 0 Å². The zero-order valence-corrected chi connectivity index (χ0v) is 14.1. The Morgan fingerprint density at radius 1 is 1.20 bits per heavy atom. The fourth-order valence-corrected chi connectivity index (χ4v) is 3.72. The Hall–Kier alpha value is -1.61. The van der Waals surface area contributed by atoms with E-state index in [1.165, 1.54) is 11.1 Å². The average Bonchev–Trinajstić information content (AvgIpc) is 2.56. The number of alkyl halides is 3. The Morgan fingerprint density at radius 3 is 2.64 bits per heavy atom. The molecule has 0 amide bonds. The molecule has 2 saturated heterocycles. The van der Waals surface area contributed by atoms with Gasteiger partial charge in [0, 0.05) is 37.6 Å². The number of anilines is 1. The quantitative estimate of drug-likeness (QED) is 0.850. The summed E-state index contributed by atoms with van der Waals surface area (Å²) in [5, 5.41) is 3.57. The molecular formula is C16H24F3N5O. The van der Waals surface area contributed by atoms with Crippen LogP contribution in [0.5, 0.6) is 0 Å². The molecule has 0 aliphatic carbocycles. The molecule has 1 aromatic rings. The number of rotatable bonds is 4. The van der Waals surface area contributed by atoms with Crippen molar-refractivity contribution in [3.8, 4) is 0 Å². The summed E-state index contributed by atoms with van der Waals surface area (Å²) < 4.78 is 37.4. The second-order valence-electron chi connectivity index (χ2n) is 6.86. The van der Waals surface area contributed by atoms with E-state index in [1.54, 1.807) is 6.20 Å². The smallest absolute Gasteiger partial charge is 0.350 e. The molecule has 1 atom stereocenters. The predicted octanol–water partition coefficient (Wildman–Crippen LogP) is 1.35. The van der Waals surface area contributed by atoms with Crippen molar-refractivity contribution in [2.75, 3.05) is 37.6 Å². The lowest BCUT2D eigenvalue weighted by Gasteiger charge is -2.38. The molecule has 1 unspecified atom stereocenters. The van der Waals surface area contributed by atoms with Crippen molar-refractivity contribution in [2.24, 2.45) is 0 Å². The average molecular weight is 359 g/mol. The third-order valence-corrected chi connectivity index (χ3v) is 4.87. The van der Waals surface area contributed by atoms with Gasteiger partial charge in [-0.15, -0.1) is 0 Å². The van der Waals surface area contributed by atoms with Crippen LogP contribution < -0.4 is 15.8 Å². The number of piperidine rings is 2. The van der Waals surface area contributed by atoms with Crippen LogP contribution in [0.3, 0.4) is 0 Å². The molecule has 3 rings (SSSR count). The van der Waals surface area contributed by atoms with Gasteiger partial charge in [0.15, 0.2) is 5.82 Å². The summed E-state index contributed by atoms with van der Waals surface area (Å²) in [5.74, 6) is 0.439. The maximum absolute atomic E-state index is 12.5. The van der Waals surface area contributed by atoms with Gasteiger partial charge in [0.2, 0.25) is 0 Å². The second-order valence-corrected chi connectivity index (χ2v) is 6.86. The Morgan fingerprint density at radius 2 is 1.96 bits per heavy atom. The third-order valence-electron chi connectivity index (χ3n) is 4.87. The summed E-state index contributed by atoms with van der Waals surface area (Å²) in [6.45, 7) is 1.60. The first-order valence-electron chi connectivity index (χ1n) is 8.74. The molecule has 2 N–H and O–H groups in total. The lowest BCUT2D eigenvalue weighted by molar-refractivity contribution is -0.148. The molecule has 140 valence electrons. The third kappa shape index (κ3) is 5.18. The molecule has 0 aromatic carbocycles. The first-order chi connectivity index (χ1) is 11.9. The Bertz CT molecular complexity index is 612. The van der Waals surface area contributed by atoms with Crippen molar-refractivity contribution < 1.29 is 13.2 Å². The minimum Gasteiger partial charge on any atom is -0.350 e. The van der Waals surface area contributed by atoms with E-state index in [4.69, 9.17) is 0 Å². The lowest BCUT2D eigenvalue weighted by Crippen LogP contribution is -2.53. The van der Waals surface area contributed by atoms with Crippen molar-refractivity contribution in [3.63, 3.8) is 0 Å². The minimum atomic E-state index is -4.13. The SMILES string of the molecule is O=c1[nH]ccnc1N1CCCC(NC2CCN(CC(F)(F)F)CC2)C1. The van der Waals surface area contributed by atoms with Gasteiger partial charge < -0.3 is 15.2 Å². The molecule has 9 heteroatoms. The first kappa shape index (κ1) is 18.2. The molecule has 1 aromatic heterocycles. The first-order valence-corrected chi connectivity index (χ1v) is 8.74. The van der Waals surface area contributed by atoms with E-state index in [2.05, 4.69) is 15.3 Å². The highest BCUT2D eigenvalue weighted by atomic mass is 19.4. The summed E-state index contributed by atoms with van der Waals surface area (Å²) in [5.41, 5.74) is -0.191. The number of likely N-dealkylation sites (tertiary alicyclic amines) is 1. The molecule has 25 heavy (non-hydrogen) atoms. The molecule has 0 spiro atoms. The molecule has 2 fully saturated rings. The van der Waals surface area contributed by atoms with Crippen molar-refractivity contribution >= 4 is 5.82 Å². The van der Waals surface area contributed by atoms with Crippen molar-refractivity contribution in [3.05, 3.63) is 22.7 Å². The zero-order valence-electron chi connectivity index (χ0n) is 14.1. The van der Waals surface area contributed by atoms with Gasteiger partial charge in [-0.05, 0) is 38.8 Å². The summed E-state index contributed by atoms with van der Waals surface area (Å²) >= 11 is 0. The highest BCUT2D eigenvalue weighted by Gasteiger charge is 2.33. The van der Waals surface area contributed by atoms with Gasteiger partial charge in [0.25, 0.3) is 5.56 Å². The van der Waals surface area contributed by atoms with Crippen LogP contribution in [0.2, 0.25) is 0 Å². The summed E-state index contributed by atoms with van der Waals surface area (Å²) in [6.07, 6.45) is 2.36. The number of hydrogen-bond acceptors (Lipinski definition) is 5. The normalized spacial score (nSPS) is 23.8. The van der Waals surface area contributed by atoms with Crippen LogP contribution in [0.15, 0.2) is 17.2 Å². The number of nitrogens with one attached hydrogen (secondary N) is 2. The van der Waals surface area contributed by atoms with Crippen LogP contribution in [-0.2, 0) is 0 Å². The van der Waals surface area contributed by atoms with Crippen LogP contribution in [0, 0.1) is 0 Å². The summed E-state index contributed by atoms with van der Waals surface area (Å²) in [7, 11) is 0. The van der Waals surface area contributed by atoms with Crippen molar-refractivity contribution in [1.29, 1.82) is 0 Å². The Labute approximate surface area is 144 Å². The molecule has 2 aliphatic heterocycles. The van der Waals surface area contributed by atoms with E-state index in [0.717, 1.165) is 32.2 Å². The van der Waals surface area contributed by atoms with Crippen LogP contribution in [0.1, 0.15) is 25.7 Å². The Balaban J connectivity index is 1.49.